The Kier molecular flexibility index (Phi) is 6.60. The Morgan fingerprint density at radius 1 is 1.12 bits per heavy atom. The first-order valence-corrected chi connectivity index (χ1v) is 12.8. The van der Waals surface area contributed by atoms with E-state index >= 15 is 0 Å². The van der Waals surface area contributed by atoms with Gasteiger partial charge in [0.1, 0.15) is 6.04 Å². The molecule has 0 radical (unpaired) electrons. The number of fused-ring (bicyclic) bond motifs is 1. The summed E-state index contributed by atoms with van der Waals surface area (Å²) in [5.41, 5.74) is 0.990. The molecule has 0 saturated carbocycles. The summed E-state index contributed by atoms with van der Waals surface area (Å²) in [5.74, 6) is -0.444. The molecule has 11 heteroatoms. The van der Waals surface area contributed by atoms with Gasteiger partial charge in [-0.3, -0.25) is 9.59 Å². The number of anilines is 1. The summed E-state index contributed by atoms with van der Waals surface area (Å²) in [6, 6.07) is 16.4. The lowest BCUT2D eigenvalue weighted by Gasteiger charge is -2.16. The fourth-order valence-corrected chi connectivity index (χ4v) is 5.30. The van der Waals surface area contributed by atoms with Crippen LogP contribution in [0.5, 0.6) is 0 Å². The topological polar surface area (TPSA) is 114 Å². The Morgan fingerprint density at radius 3 is 2.41 bits per heavy atom. The van der Waals surface area contributed by atoms with Gasteiger partial charge in [-0.15, -0.1) is 16.4 Å². The first-order chi connectivity index (χ1) is 16.2. The maximum Gasteiger partial charge on any atom is 0.279 e. The van der Waals surface area contributed by atoms with Gasteiger partial charge in [-0.05, 0) is 42.3 Å². The Hall–Kier alpha value is -3.41. The number of aromatic nitrogens is 3. The molecule has 4 rings (SSSR count). The average Bonchev–Trinajstić information content (AvgIpc) is 3.27. The van der Waals surface area contributed by atoms with Gasteiger partial charge < -0.3 is 5.32 Å². The van der Waals surface area contributed by atoms with Crippen LogP contribution in [-0.2, 0) is 14.8 Å². The lowest BCUT2D eigenvalue weighted by molar-refractivity contribution is -0.119. The average molecular weight is 498 g/mol. The van der Waals surface area contributed by atoms with Crippen LogP contribution in [0.3, 0.4) is 0 Å². The monoisotopic (exact) mass is 497 g/mol. The number of nitrogens with zero attached hydrogens (tertiary/aromatic N) is 4. The molecule has 0 aliphatic carbocycles. The van der Waals surface area contributed by atoms with Crippen LogP contribution in [0.4, 0.5) is 5.69 Å². The third-order valence-electron chi connectivity index (χ3n) is 5.33. The highest BCUT2D eigenvalue weighted by molar-refractivity contribution is 7.89. The number of thiophene rings is 1. The zero-order valence-electron chi connectivity index (χ0n) is 18.8. The van der Waals surface area contributed by atoms with Gasteiger partial charge in [0.15, 0.2) is 4.83 Å². The number of amides is 1. The summed E-state index contributed by atoms with van der Waals surface area (Å²) in [6.45, 7) is 1.78. The highest BCUT2D eigenvalue weighted by Gasteiger charge is 2.24. The van der Waals surface area contributed by atoms with E-state index in [1.807, 2.05) is 30.3 Å². The molecule has 0 aliphatic rings. The Balaban J connectivity index is 1.60. The molecule has 1 unspecified atom stereocenters. The van der Waals surface area contributed by atoms with E-state index in [9.17, 15) is 18.0 Å². The molecule has 176 valence electrons. The van der Waals surface area contributed by atoms with Crippen LogP contribution in [0.15, 0.2) is 70.4 Å². The van der Waals surface area contributed by atoms with E-state index in [0.29, 0.717) is 22.3 Å². The summed E-state index contributed by atoms with van der Waals surface area (Å²) >= 11 is 1.37. The highest BCUT2D eigenvalue weighted by atomic mass is 32.2. The fraction of sp³-hybridized carbons (Fsp3) is 0.217. The molecule has 0 bridgehead atoms. The van der Waals surface area contributed by atoms with Crippen molar-refractivity contribution in [3.8, 4) is 10.4 Å². The smallest absolute Gasteiger partial charge is 0.279 e. The minimum atomic E-state index is -3.57. The number of nitrogens with one attached hydrogen (secondary N) is 1. The van der Waals surface area contributed by atoms with E-state index in [2.05, 4.69) is 15.6 Å². The van der Waals surface area contributed by atoms with Gasteiger partial charge in [-0.2, -0.15) is 4.68 Å². The molecule has 4 aromatic rings. The number of hydrogen-bond donors (Lipinski definition) is 1. The summed E-state index contributed by atoms with van der Waals surface area (Å²) in [7, 11) is -0.678. The van der Waals surface area contributed by atoms with Gasteiger partial charge >= 0.3 is 0 Å². The van der Waals surface area contributed by atoms with Gasteiger partial charge in [0.05, 0.1) is 10.3 Å². The minimum absolute atomic E-state index is 0.113. The third-order valence-corrected chi connectivity index (χ3v) is 8.22. The minimum Gasteiger partial charge on any atom is -0.324 e. The van der Waals surface area contributed by atoms with Crippen molar-refractivity contribution in [3.05, 3.63) is 71.0 Å². The van der Waals surface area contributed by atoms with Crippen molar-refractivity contribution in [3.63, 3.8) is 0 Å². The Labute approximate surface area is 200 Å². The second kappa shape index (κ2) is 9.45. The quantitative estimate of drug-likeness (QED) is 0.419. The van der Waals surface area contributed by atoms with E-state index in [0.717, 1.165) is 19.4 Å². The molecule has 0 saturated heterocycles. The molecule has 9 nitrogen and oxygen atoms in total. The number of benzene rings is 2. The molecule has 1 amide bonds. The maximum absolute atomic E-state index is 13.2. The van der Waals surface area contributed by atoms with E-state index < -0.39 is 27.5 Å². The summed E-state index contributed by atoms with van der Waals surface area (Å²) in [4.78, 5) is 27.7. The molecule has 0 fully saturated rings. The SMILES string of the molecule is CCC(C(=O)Nc1ccc(S(=O)(=O)N(C)C)cc1)n1nnc2sc(-c3ccccc3)cc2c1=O. The van der Waals surface area contributed by atoms with Crippen LogP contribution in [0.2, 0.25) is 0 Å². The second-order valence-electron chi connectivity index (χ2n) is 7.76. The number of rotatable bonds is 7. The molecule has 1 atom stereocenters. The maximum atomic E-state index is 13.2. The van der Waals surface area contributed by atoms with Gasteiger partial charge in [-0.1, -0.05) is 42.5 Å². The molecule has 1 N–H and O–H groups in total. The number of carbonyl (C=O) groups is 1. The third kappa shape index (κ3) is 4.49. The van der Waals surface area contributed by atoms with Gasteiger partial charge in [0, 0.05) is 24.7 Å². The largest absolute Gasteiger partial charge is 0.324 e. The van der Waals surface area contributed by atoms with Crippen LogP contribution < -0.4 is 10.9 Å². The van der Waals surface area contributed by atoms with Crippen LogP contribution in [0, 0.1) is 0 Å². The van der Waals surface area contributed by atoms with Crippen molar-refractivity contribution in [2.45, 2.75) is 24.3 Å². The number of hydrogen-bond acceptors (Lipinski definition) is 7. The van der Waals surface area contributed by atoms with E-state index in [4.69, 9.17) is 0 Å². The lowest BCUT2D eigenvalue weighted by atomic mass is 10.2. The van der Waals surface area contributed by atoms with Gasteiger partial charge in [0.2, 0.25) is 15.9 Å². The van der Waals surface area contributed by atoms with Crippen molar-refractivity contribution in [2.75, 3.05) is 19.4 Å². The zero-order chi connectivity index (χ0) is 24.5. The van der Waals surface area contributed by atoms with Gasteiger partial charge in [0.25, 0.3) is 5.56 Å². The standard InChI is InChI=1S/C23H23N5O4S2/c1-4-19(21(29)24-16-10-12-17(13-11-16)34(31,32)27(2)3)28-23(30)18-14-20(33-22(18)25-26-28)15-8-6-5-7-9-15/h5-14,19H,4H2,1-3H3,(H,24,29). The highest BCUT2D eigenvalue weighted by Crippen LogP contribution is 2.30. The molecular weight excluding hydrogens is 474 g/mol. The van der Waals surface area contributed by atoms with Crippen LogP contribution in [0.1, 0.15) is 19.4 Å². The predicted molar refractivity (Wildman–Crippen MR) is 132 cm³/mol. The van der Waals surface area contributed by atoms with Crippen LogP contribution in [0.25, 0.3) is 20.7 Å². The van der Waals surface area contributed by atoms with E-state index in [1.54, 1.807) is 13.0 Å². The van der Waals surface area contributed by atoms with Crippen LogP contribution in [-0.4, -0.2) is 47.7 Å². The Bertz CT molecular complexity index is 1490. The molecule has 2 aromatic heterocycles. The number of sulfonamides is 1. The summed E-state index contributed by atoms with van der Waals surface area (Å²) < 4.78 is 26.7. The van der Waals surface area contributed by atoms with Gasteiger partial charge in [-0.25, -0.2) is 12.7 Å². The summed E-state index contributed by atoms with van der Waals surface area (Å²) in [5, 5.41) is 11.4. The van der Waals surface area contributed by atoms with Crippen molar-refractivity contribution in [1.82, 2.24) is 19.3 Å². The molecule has 2 aromatic carbocycles. The van der Waals surface area contributed by atoms with Crippen molar-refractivity contribution in [2.24, 2.45) is 0 Å². The van der Waals surface area contributed by atoms with Crippen molar-refractivity contribution in [1.29, 1.82) is 0 Å². The molecule has 34 heavy (non-hydrogen) atoms. The first kappa shape index (κ1) is 23.7. The van der Waals surface area contributed by atoms with Crippen LogP contribution >= 0.6 is 11.3 Å². The zero-order valence-corrected chi connectivity index (χ0v) is 20.4. The predicted octanol–water partition coefficient (Wildman–Crippen LogP) is 3.36. The fourth-order valence-electron chi connectivity index (χ4n) is 3.43. The summed E-state index contributed by atoms with van der Waals surface area (Å²) in [6.07, 6.45) is 0.314. The molecular formula is C23H23N5O4S2. The lowest BCUT2D eigenvalue weighted by Crippen LogP contribution is -2.35. The normalized spacial score (nSPS) is 12.7. The van der Waals surface area contributed by atoms with Crippen molar-refractivity contribution >= 4 is 43.2 Å². The number of carbonyl (C=O) groups excluding carboxylic acids is 1. The second-order valence-corrected chi connectivity index (χ2v) is 10.9. The van der Waals surface area contributed by atoms with Crippen molar-refractivity contribution < 1.29 is 13.2 Å². The molecule has 0 spiro atoms. The first-order valence-electron chi connectivity index (χ1n) is 10.5. The molecule has 2 heterocycles. The Morgan fingerprint density at radius 2 is 1.79 bits per heavy atom. The van der Waals surface area contributed by atoms with E-state index in [-0.39, 0.29) is 4.90 Å². The molecule has 0 aliphatic heterocycles. The van der Waals surface area contributed by atoms with E-state index in [1.165, 1.54) is 49.7 Å².